The number of hydrazone groups is 1. The topological polar surface area (TPSA) is 441 Å². The molecule has 1 aliphatic rings. The van der Waals surface area contributed by atoms with Gasteiger partial charge in [-0.2, -0.15) is 36.1 Å². The predicted octanol–water partition coefficient (Wildman–Crippen LogP) is -13.4. The normalized spacial score (nSPS) is 12.7. The van der Waals surface area contributed by atoms with Gasteiger partial charge in [0.15, 0.2) is 0 Å². The zero-order chi connectivity index (χ0) is 52.9. The molecule has 6 aromatic carbocycles. The Labute approximate surface area is 572 Å². The Morgan fingerprint density at radius 1 is 0.597 bits per heavy atom. The van der Waals surface area contributed by atoms with Gasteiger partial charge in [-0.1, -0.05) is 35.2 Å². The maximum atomic E-state index is 12.3. The number of phenols is 1. The van der Waals surface area contributed by atoms with E-state index in [-0.39, 0.29) is 216 Å². The molecule has 0 bridgehead atoms. The van der Waals surface area contributed by atoms with Crippen LogP contribution < -0.4 is 182 Å². The first kappa shape index (κ1) is 79.2. The van der Waals surface area contributed by atoms with Crippen LogP contribution in [0.1, 0.15) is 5.56 Å². The van der Waals surface area contributed by atoms with Crippen molar-refractivity contribution in [1.29, 1.82) is 0 Å². The van der Waals surface area contributed by atoms with Crippen molar-refractivity contribution < 1.29 is 261 Å². The molecule has 0 spiro atoms. The van der Waals surface area contributed by atoms with Crippen molar-refractivity contribution >= 4 is 114 Å². The number of nitrogens with zero attached hydrogens (tertiary/aromatic N) is 8. The van der Waals surface area contributed by atoms with E-state index < -0.39 is 89.2 Å². The minimum Gasteiger partial charge on any atom is -0.744 e. The van der Waals surface area contributed by atoms with Crippen molar-refractivity contribution in [1.82, 2.24) is 0 Å². The third-order valence-electron chi connectivity index (χ3n) is 8.45. The van der Waals surface area contributed by atoms with E-state index in [9.17, 15) is 61.8 Å². The van der Waals surface area contributed by atoms with Crippen LogP contribution in [0.15, 0.2) is 171 Å². The molecule has 0 radical (unpaired) electrons. The summed E-state index contributed by atoms with van der Waals surface area (Å²) in [6.07, 6.45) is 2.82. The van der Waals surface area contributed by atoms with Crippen molar-refractivity contribution in [3.8, 4) is 5.75 Å². The fourth-order valence-corrected chi connectivity index (χ4v) is 7.38. The second kappa shape index (κ2) is 35.7. The SMILES string of the molecule is Cc1ccc(N2N=[C-]C(N=Nc3ccc(S(=O)(=O)[O-])cc3)C2=O)cc1.O=C=O.O=S(=O)([O-])c1ccc(N=Nc2ccc(N=Nc3c(O)[c-]cc4cc(S(=O)(=O)[O-])ccc34)c(S(=O)(=O)[O-])c2)cc1.O=S(=O)=O.[Na+].[Na+].[Na+].[Na+].[Na+].[Na+]. The van der Waals surface area contributed by atoms with E-state index in [2.05, 4.69) is 48.1 Å². The number of aryl methyl sites for hydroxylation is 1. The van der Waals surface area contributed by atoms with E-state index in [4.69, 9.17) is 22.2 Å². The maximum absolute atomic E-state index is 12.3. The molecule has 1 aliphatic heterocycles. The van der Waals surface area contributed by atoms with Gasteiger partial charge in [0.1, 0.15) is 46.2 Å². The molecule has 0 fully saturated rings. The predicted molar refractivity (Wildman–Crippen MR) is 233 cm³/mol. The van der Waals surface area contributed by atoms with Crippen LogP contribution in [0.25, 0.3) is 10.8 Å². The summed E-state index contributed by atoms with van der Waals surface area (Å²) in [5.41, 5.74) is 1.31. The van der Waals surface area contributed by atoms with Gasteiger partial charge in [0.05, 0.1) is 37.4 Å². The van der Waals surface area contributed by atoms with Crippen LogP contribution in [0.2, 0.25) is 0 Å². The molecule has 1 amide bonds. The standard InChI is InChI=1S/C22H15N4O10S3.C16H13N4O4S.CO2.6Na.O3S/c27-20-10-1-13-11-17(38(31,32)33)7-8-18(13)22(20)26-25-19-9-4-15(12-21(19)39(34,35)36)24-23-14-2-5-16(6-3-14)37(28,29)30;1-11-2-6-13(7-3-11)20-16(21)15(10-17-20)19-18-12-4-8-14(9-5-12)25(22,23)24;2-1-3;;;;;;;1-4(2)3/h1-9,11-12,27H,(H,28,29,30)(H,31,32,33)(H,34,35,36);2-9,15H,1H3,(H,22,23,24);;;;;;;;/q2*-1;;6*+1;/p-4. The van der Waals surface area contributed by atoms with Gasteiger partial charge < -0.3 is 34.6 Å². The number of carbonyl (C=O) groups is 1. The van der Waals surface area contributed by atoms with E-state index in [1.54, 1.807) is 12.1 Å². The minimum absolute atomic E-state index is 0. The summed E-state index contributed by atoms with van der Waals surface area (Å²) < 4.78 is 160. The van der Waals surface area contributed by atoms with Crippen LogP contribution in [-0.2, 0) is 65.5 Å². The van der Waals surface area contributed by atoms with E-state index in [1.165, 1.54) is 47.5 Å². The quantitative estimate of drug-likeness (QED) is 0.0545. The van der Waals surface area contributed by atoms with Crippen LogP contribution in [0, 0.1) is 13.0 Å². The molecule has 1 unspecified atom stereocenters. The zero-order valence-electron chi connectivity index (χ0n) is 41.0. The molecule has 6 aromatic rings. The van der Waals surface area contributed by atoms with Gasteiger partial charge in [-0.05, 0) is 91.9 Å². The fraction of sp³-hybridized carbons (Fsp3) is 0.0513. The number of hydrogen-bond donors (Lipinski definition) is 1. The number of hydrogen-bond acceptors (Lipinski definition) is 26. The van der Waals surface area contributed by atoms with Gasteiger partial charge in [-0.15, -0.1) is 24.1 Å². The molecule has 27 nitrogen and oxygen atoms in total. The van der Waals surface area contributed by atoms with Gasteiger partial charge in [0, 0.05) is 22.4 Å². The first-order valence-electron chi connectivity index (χ1n) is 18.3. The largest absolute Gasteiger partial charge is 1.00 e. The monoisotopic (exact) mass is 1210 g/mol. The molecule has 370 valence electrons. The molecule has 77 heavy (non-hydrogen) atoms. The Bertz CT molecular complexity index is 3750. The first-order valence-corrected chi connectivity index (χ1v) is 25.0. The van der Waals surface area contributed by atoms with Crippen molar-refractivity contribution in [2.75, 3.05) is 5.01 Å². The Balaban J connectivity index is -0.00000125. The number of amides is 1. The molecular formula is C39H24N8Na6O19S5. The summed E-state index contributed by atoms with van der Waals surface area (Å²) in [7, 11) is -22.2. The minimum atomic E-state index is -5.12. The number of benzene rings is 6. The molecule has 0 saturated carbocycles. The number of anilines is 1. The van der Waals surface area contributed by atoms with Crippen molar-refractivity contribution in [2.45, 2.75) is 32.5 Å². The van der Waals surface area contributed by atoms with Gasteiger partial charge in [-0.25, -0.2) is 48.9 Å². The third kappa shape index (κ3) is 25.3. The average Bonchev–Trinajstić information content (AvgIpc) is 3.66. The van der Waals surface area contributed by atoms with E-state index in [0.717, 1.165) is 54.1 Å². The van der Waals surface area contributed by atoms with Crippen molar-refractivity contribution in [3.63, 3.8) is 0 Å². The molecule has 0 aliphatic carbocycles. The van der Waals surface area contributed by atoms with E-state index in [1.807, 2.05) is 19.1 Å². The Kier molecular flexibility index (Phi) is 36.8. The summed E-state index contributed by atoms with van der Waals surface area (Å²) >= 11 is 0. The van der Waals surface area contributed by atoms with Crippen molar-refractivity contribution in [2.24, 2.45) is 35.8 Å². The van der Waals surface area contributed by atoms with Crippen LogP contribution in [-0.4, -0.2) is 93.9 Å². The number of carbonyl (C=O) groups excluding carboxylic acids is 3. The number of azo groups is 3. The summed E-state index contributed by atoms with van der Waals surface area (Å²) in [6.45, 7) is 1.94. The van der Waals surface area contributed by atoms with Gasteiger partial charge >= 0.3 is 194 Å². The maximum Gasteiger partial charge on any atom is 1.00 e. The molecule has 1 heterocycles. The fourth-order valence-electron chi connectivity index (χ4n) is 5.30. The van der Waals surface area contributed by atoms with Crippen LogP contribution in [0.5, 0.6) is 5.75 Å². The summed E-state index contributed by atoms with van der Waals surface area (Å²) in [5, 5.41) is 38.4. The van der Waals surface area contributed by atoms with Gasteiger partial charge in [-0.3, -0.25) is 4.79 Å². The average molecular weight is 1210 g/mol. The van der Waals surface area contributed by atoms with E-state index >= 15 is 0 Å². The second-order valence-electron chi connectivity index (χ2n) is 13.2. The zero-order valence-corrected chi connectivity index (χ0v) is 57.0. The smallest absolute Gasteiger partial charge is 0.744 e. The van der Waals surface area contributed by atoms with Crippen LogP contribution >= 0.6 is 0 Å². The third-order valence-corrected chi connectivity index (χ3v) is 11.8. The Hall–Kier alpha value is -2.04. The van der Waals surface area contributed by atoms with Gasteiger partial charge in [0.25, 0.3) is 0 Å². The molecule has 0 saturated heterocycles. The molecule has 38 heteroatoms. The second-order valence-corrected chi connectivity index (χ2v) is 19.1. The van der Waals surface area contributed by atoms with Crippen LogP contribution in [0.3, 0.4) is 0 Å². The Morgan fingerprint density at radius 3 is 1.51 bits per heavy atom. The number of phenolic OH excluding ortho intramolecular Hbond substituents is 1. The number of aromatic hydroxyl groups is 1. The molecule has 7 rings (SSSR count). The van der Waals surface area contributed by atoms with Gasteiger partial charge in [0.2, 0.25) is 5.91 Å². The number of rotatable bonds is 11. The molecular weight excluding hydrogens is 1180 g/mol. The van der Waals surface area contributed by atoms with E-state index in [0.29, 0.717) is 11.4 Å². The molecule has 0 aromatic heterocycles. The Morgan fingerprint density at radius 2 is 1.04 bits per heavy atom. The summed E-state index contributed by atoms with van der Waals surface area (Å²) in [4.78, 5) is 26.3. The van der Waals surface area contributed by atoms with Crippen molar-refractivity contribution in [3.05, 3.63) is 127 Å². The first-order chi connectivity index (χ1) is 33.1. The summed E-state index contributed by atoms with van der Waals surface area (Å²) in [6, 6.07) is 25.6. The van der Waals surface area contributed by atoms with Crippen LogP contribution in [0.4, 0.5) is 34.1 Å². The summed E-state index contributed by atoms with van der Waals surface area (Å²) in [5.74, 6) is -0.928. The number of fused-ring (bicyclic) bond motifs is 1. The molecule has 1 N–H and O–H groups in total. The molecule has 1 atom stereocenters.